The molecule has 0 aromatic carbocycles. The van der Waals surface area contributed by atoms with Crippen LogP contribution in [0.3, 0.4) is 0 Å². The number of unbranched alkanes of at least 4 members (excludes halogenated alkanes) is 8. The highest BCUT2D eigenvalue weighted by Crippen LogP contribution is 2.16. The standard InChI is InChI=1S/C17H34/c1-4-7-9-10-11-12-13-14-16-17(6-3)15-8-5-2/h6H,4-5,7-16H2,1-3H3. The highest BCUT2D eigenvalue weighted by Gasteiger charge is 1.97. The van der Waals surface area contributed by atoms with Gasteiger partial charge in [-0.25, -0.2) is 0 Å². The molecular formula is C17H34. The third-order valence-electron chi connectivity index (χ3n) is 3.61. The average Bonchev–Trinajstić information content (AvgIpc) is 2.36. The average molecular weight is 238 g/mol. The molecule has 0 saturated heterocycles. The minimum absolute atomic E-state index is 1.33. The van der Waals surface area contributed by atoms with Crippen LogP contribution in [0, 0.1) is 0 Å². The highest BCUT2D eigenvalue weighted by molar-refractivity contribution is 4.99. The Kier molecular flexibility index (Phi) is 13.6. The third kappa shape index (κ3) is 12.0. The van der Waals surface area contributed by atoms with Crippen molar-refractivity contribution in [1.29, 1.82) is 0 Å². The van der Waals surface area contributed by atoms with Crippen molar-refractivity contribution in [2.75, 3.05) is 0 Å². The number of rotatable bonds is 12. The Balaban J connectivity index is 3.25. The smallest absolute Gasteiger partial charge is 0.0320 e. The SMILES string of the molecule is CC=C(CCCC)CCCCCCCCCC. The maximum absolute atomic E-state index is 2.34. The molecular weight excluding hydrogens is 204 g/mol. The summed E-state index contributed by atoms with van der Waals surface area (Å²) in [6.45, 7) is 6.77. The van der Waals surface area contributed by atoms with E-state index in [4.69, 9.17) is 0 Å². The van der Waals surface area contributed by atoms with Gasteiger partial charge < -0.3 is 0 Å². The predicted octanol–water partition coefficient (Wildman–Crippen LogP) is 6.65. The topological polar surface area (TPSA) is 0 Å². The van der Waals surface area contributed by atoms with Gasteiger partial charge in [-0.15, -0.1) is 0 Å². The van der Waals surface area contributed by atoms with Crippen LogP contribution in [0.5, 0.6) is 0 Å². The van der Waals surface area contributed by atoms with Gasteiger partial charge in [0.25, 0.3) is 0 Å². The summed E-state index contributed by atoms with van der Waals surface area (Å²) in [6.07, 6.45) is 19.2. The van der Waals surface area contributed by atoms with Crippen LogP contribution in [0.2, 0.25) is 0 Å². The maximum atomic E-state index is 2.34. The van der Waals surface area contributed by atoms with E-state index in [1.165, 1.54) is 77.0 Å². The molecule has 0 spiro atoms. The molecule has 0 unspecified atom stereocenters. The van der Waals surface area contributed by atoms with Gasteiger partial charge in [0, 0.05) is 0 Å². The molecule has 0 nitrogen and oxygen atoms in total. The minimum atomic E-state index is 1.33. The van der Waals surface area contributed by atoms with Gasteiger partial charge in [-0.3, -0.25) is 0 Å². The summed E-state index contributed by atoms with van der Waals surface area (Å²) in [5.74, 6) is 0. The Labute approximate surface area is 110 Å². The first-order valence-electron chi connectivity index (χ1n) is 7.99. The summed E-state index contributed by atoms with van der Waals surface area (Å²) >= 11 is 0. The van der Waals surface area contributed by atoms with Crippen LogP contribution >= 0.6 is 0 Å². The minimum Gasteiger partial charge on any atom is -0.0885 e. The summed E-state index contributed by atoms with van der Waals surface area (Å²) in [5, 5.41) is 0. The Hall–Kier alpha value is -0.260. The van der Waals surface area contributed by atoms with E-state index in [0.717, 1.165) is 0 Å². The molecule has 0 saturated carbocycles. The second kappa shape index (κ2) is 13.8. The summed E-state index contributed by atoms with van der Waals surface area (Å²) in [4.78, 5) is 0. The summed E-state index contributed by atoms with van der Waals surface area (Å²) in [7, 11) is 0. The molecule has 0 aliphatic rings. The van der Waals surface area contributed by atoms with Crippen LogP contribution in [0.4, 0.5) is 0 Å². The molecule has 0 heterocycles. The van der Waals surface area contributed by atoms with Gasteiger partial charge in [-0.05, 0) is 32.6 Å². The zero-order valence-electron chi connectivity index (χ0n) is 12.6. The Morgan fingerprint density at radius 3 is 1.65 bits per heavy atom. The Morgan fingerprint density at radius 2 is 1.12 bits per heavy atom. The molecule has 0 radical (unpaired) electrons. The van der Waals surface area contributed by atoms with Gasteiger partial charge in [-0.1, -0.05) is 76.9 Å². The van der Waals surface area contributed by atoms with Crippen molar-refractivity contribution in [2.24, 2.45) is 0 Å². The second-order valence-corrected chi connectivity index (χ2v) is 5.28. The van der Waals surface area contributed by atoms with Crippen molar-refractivity contribution in [1.82, 2.24) is 0 Å². The summed E-state index contributed by atoms with van der Waals surface area (Å²) < 4.78 is 0. The van der Waals surface area contributed by atoms with E-state index in [2.05, 4.69) is 26.8 Å². The largest absolute Gasteiger partial charge is 0.0885 e. The molecule has 0 aliphatic heterocycles. The van der Waals surface area contributed by atoms with Gasteiger partial charge in [0.2, 0.25) is 0 Å². The number of hydrogen-bond acceptors (Lipinski definition) is 0. The van der Waals surface area contributed by atoms with Crippen molar-refractivity contribution in [3.05, 3.63) is 11.6 Å². The molecule has 102 valence electrons. The van der Waals surface area contributed by atoms with Crippen LogP contribution in [0.1, 0.15) is 97.8 Å². The molecule has 0 N–H and O–H groups in total. The predicted molar refractivity (Wildman–Crippen MR) is 80.5 cm³/mol. The maximum Gasteiger partial charge on any atom is -0.0320 e. The fraction of sp³-hybridized carbons (Fsp3) is 0.882. The van der Waals surface area contributed by atoms with E-state index in [1.54, 1.807) is 5.57 Å². The van der Waals surface area contributed by atoms with Gasteiger partial charge in [-0.2, -0.15) is 0 Å². The fourth-order valence-corrected chi connectivity index (χ4v) is 2.30. The lowest BCUT2D eigenvalue weighted by Crippen LogP contribution is -1.86. The van der Waals surface area contributed by atoms with Crippen molar-refractivity contribution in [3.8, 4) is 0 Å². The first-order valence-corrected chi connectivity index (χ1v) is 7.99. The zero-order chi connectivity index (χ0) is 12.8. The fourth-order valence-electron chi connectivity index (χ4n) is 2.30. The molecule has 0 aliphatic carbocycles. The third-order valence-corrected chi connectivity index (χ3v) is 3.61. The van der Waals surface area contributed by atoms with E-state index in [-0.39, 0.29) is 0 Å². The van der Waals surface area contributed by atoms with Gasteiger partial charge in [0.1, 0.15) is 0 Å². The molecule has 0 fully saturated rings. The normalized spacial score (nSPS) is 12.1. The molecule has 0 aromatic rings. The Morgan fingerprint density at radius 1 is 0.647 bits per heavy atom. The summed E-state index contributed by atoms with van der Waals surface area (Å²) in [6, 6.07) is 0. The molecule has 0 rings (SSSR count). The van der Waals surface area contributed by atoms with Crippen LogP contribution in [0.25, 0.3) is 0 Å². The van der Waals surface area contributed by atoms with E-state index in [1.807, 2.05) is 0 Å². The molecule has 0 atom stereocenters. The molecule has 0 amide bonds. The quantitative estimate of drug-likeness (QED) is 0.263. The lowest BCUT2D eigenvalue weighted by Gasteiger charge is -2.06. The lowest BCUT2D eigenvalue weighted by atomic mass is 10.0. The Bertz CT molecular complexity index is 167. The first-order chi connectivity index (χ1) is 8.35. The van der Waals surface area contributed by atoms with Crippen LogP contribution in [0.15, 0.2) is 11.6 Å². The molecule has 0 heteroatoms. The number of allylic oxidation sites excluding steroid dienone is 2. The van der Waals surface area contributed by atoms with Crippen LogP contribution in [-0.4, -0.2) is 0 Å². The van der Waals surface area contributed by atoms with E-state index in [9.17, 15) is 0 Å². The molecule has 17 heavy (non-hydrogen) atoms. The molecule has 0 bridgehead atoms. The van der Waals surface area contributed by atoms with E-state index >= 15 is 0 Å². The number of hydrogen-bond donors (Lipinski definition) is 0. The van der Waals surface area contributed by atoms with Crippen molar-refractivity contribution in [2.45, 2.75) is 97.8 Å². The van der Waals surface area contributed by atoms with Gasteiger partial charge >= 0.3 is 0 Å². The lowest BCUT2D eigenvalue weighted by molar-refractivity contribution is 0.571. The van der Waals surface area contributed by atoms with Crippen LogP contribution < -0.4 is 0 Å². The van der Waals surface area contributed by atoms with Crippen LogP contribution in [-0.2, 0) is 0 Å². The zero-order valence-corrected chi connectivity index (χ0v) is 12.6. The van der Waals surface area contributed by atoms with Crippen molar-refractivity contribution >= 4 is 0 Å². The van der Waals surface area contributed by atoms with Gasteiger partial charge in [0.05, 0.1) is 0 Å². The van der Waals surface area contributed by atoms with Gasteiger partial charge in [0.15, 0.2) is 0 Å². The van der Waals surface area contributed by atoms with E-state index in [0.29, 0.717) is 0 Å². The second-order valence-electron chi connectivity index (χ2n) is 5.28. The molecule has 0 aromatic heterocycles. The monoisotopic (exact) mass is 238 g/mol. The van der Waals surface area contributed by atoms with E-state index < -0.39 is 0 Å². The highest BCUT2D eigenvalue weighted by atomic mass is 14.0. The first kappa shape index (κ1) is 16.7. The van der Waals surface area contributed by atoms with Crippen molar-refractivity contribution < 1.29 is 0 Å². The summed E-state index contributed by atoms with van der Waals surface area (Å²) in [5.41, 5.74) is 1.69. The van der Waals surface area contributed by atoms with Crippen molar-refractivity contribution in [3.63, 3.8) is 0 Å².